The van der Waals surface area contributed by atoms with E-state index in [4.69, 9.17) is 4.74 Å². The average Bonchev–Trinajstić information content (AvgIpc) is 2.59. The van der Waals surface area contributed by atoms with Gasteiger partial charge in [0.05, 0.1) is 16.5 Å². The first-order valence-electron chi connectivity index (χ1n) is 7.73. The van der Waals surface area contributed by atoms with E-state index < -0.39 is 15.8 Å². The van der Waals surface area contributed by atoms with E-state index in [1.54, 1.807) is 26.8 Å². The largest absolute Gasteiger partial charge is 0.487 e. The topological polar surface area (TPSA) is 125 Å². The van der Waals surface area contributed by atoms with Crippen LogP contribution in [0.3, 0.4) is 0 Å². The number of benzene rings is 2. The number of rotatable bonds is 6. The van der Waals surface area contributed by atoms with Gasteiger partial charge in [-0.2, -0.15) is 0 Å². The predicted molar refractivity (Wildman–Crippen MR) is 94.8 cm³/mol. The molecule has 2 rings (SSSR count). The molecule has 2 aromatic carbocycles. The van der Waals surface area contributed by atoms with E-state index in [0.717, 1.165) is 11.6 Å². The second-order valence-corrected chi connectivity index (χ2v) is 5.49. The van der Waals surface area contributed by atoms with Gasteiger partial charge in [-0.1, -0.05) is 6.07 Å². The van der Waals surface area contributed by atoms with Crippen LogP contribution in [0.5, 0.6) is 5.75 Å². The number of carbonyl (C=O) groups is 1. The molecule has 1 N–H and O–H groups in total. The molecule has 0 aliphatic rings. The fourth-order valence-electron chi connectivity index (χ4n) is 2.38. The van der Waals surface area contributed by atoms with Crippen molar-refractivity contribution < 1.29 is 19.4 Å². The lowest BCUT2D eigenvalue weighted by Crippen LogP contribution is -2.15. The number of nitrogens with one attached hydrogen (secondary N) is 1. The minimum absolute atomic E-state index is 0.00430. The van der Waals surface area contributed by atoms with Gasteiger partial charge in [0.15, 0.2) is 5.75 Å². The lowest BCUT2D eigenvalue weighted by atomic mass is 10.1. The second-order valence-electron chi connectivity index (χ2n) is 5.49. The van der Waals surface area contributed by atoms with Gasteiger partial charge >= 0.3 is 5.69 Å². The quantitative estimate of drug-likeness (QED) is 0.618. The number of hydrogen-bond acceptors (Lipinski definition) is 6. The maximum absolute atomic E-state index is 12.5. The van der Waals surface area contributed by atoms with Crippen molar-refractivity contribution in [2.75, 3.05) is 11.9 Å². The molecule has 0 heterocycles. The monoisotopic (exact) mass is 359 g/mol. The van der Waals surface area contributed by atoms with Crippen molar-refractivity contribution in [3.05, 3.63) is 67.3 Å². The molecule has 0 saturated carbocycles. The van der Waals surface area contributed by atoms with Crippen LogP contribution in [0, 0.1) is 34.1 Å². The molecule has 1 amide bonds. The van der Waals surface area contributed by atoms with Gasteiger partial charge in [-0.05, 0) is 44.0 Å². The first-order valence-corrected chi connectivity index (χ1v) is 7.73. The van der Waals surface area contributed by atoms with Crippen LogP contribution in [-0.4, -0.2) is 22.4 Å². The first kappa shape index (κ1) is 18.8. The van der Waals surface area contributed by atoms with Crippen LogP contribution in [0.25, 0.3) is 0 Å². The molecule has 0 atom stereocenters. The molecule has 0 unspecified atom stereocenters. The minimum atomic E-state index is -0.687. The van der Waals surface area contributed by atoms with Gasteiger partial charge in [0.25, 0.3) is 11.6 Å². The van der Waals surface area contributed by atoms with Crippen molar-refractivity contribution >= 4 is 23.0 Å². The smallest absolute Gasteiger partial charge is 0.311 e. The number of ether oxygens (including phenoxy) is 1. The molecule has 0 spiro atoms. The second kappa shape index (κ2) is 7.60. The number of aryl methyl sites for hydroxylation is 1. The summed E-state index contributed by atoms with van der Waals surface area (Å²) in [5.41, 5.74) is 0.778. The van der Waals surface area contributed by atoms with Gasteiger partial charge in [0.1, 0.15) is 5.69 Å². The number of nitro groups is 2. The Kier molecular flexibility index (Phi) is 5.51. The molecular formula is C17H17N3O6. The molecular weight excluding hydrogens is 342 g/mol. The maximum Gasteiger partial charge on any atom is 0.311 e. The molecule has 9 nitrogen and oxygen atoms in total. The number of anilines is 1. The molecule has 0 radical (unpaired) electrons. The van der Waals surface area contributed by atoms with Gasteiger partial charge in [0.2, 0.25) is 0 Å². The number of carbonyl (C=O) groups excluding carboxylic acids is 1. The van der Waals surface area contributed by atoms with Crippen LogP contribution in [0.1, 0.15) is 28.4 Å². The third-order valence-corrected chi connectivity index (χ3v) is 3.87. The summed E-state index contributed by atoms with van der Waals surface area (Å²) in [7, 11) is 0. The Morgan fingerprint density at radius 1 is 1.08 bits per heavy atom. The number of amides is 1. The Bertz CT molecular complexity index is 894. The van der Waals surface area contributed by atoms with E-state index in [9.17, 15) is 25.0 Å². The number of nitro benzene ring substituents is 2. The van der Waals surface area contributed by atoms with Crippen molar-refractivity contribution in [1.82, 2.24) is 0 Å². The summed E-state index contributed by atoms with van der Waals surface area (Å²) in [4.78, 5) is 33.6. The summed E-state index contributed by atoms with van der Waals surface area (Å²) in [6.45, 7) is 5.33. The van der Waals surface area contributed by atoms with Crippen LogP contribution in [0.4, 0.5) is 17.1 Å². The molecule has 0 aliphatic heterocycles. The molecule has 0 fully saturated rings. The zero-order chi connectivity index (χ0) is 19.4. The highest BCUT2D eigenvalue weighted by molar-refractivity contribution is 6.06. The standard InChI is InChI=1S/C17H17N3O6/c1-4-26-15-8-6-12(9-14(15)20(24)25)17(21)18-16-11(3)10(2)5-7-13(16)19(22)23/h5-9H,4H2,1-3H3,(H,18,21). The van der Waals surface area contributed by atoms with Gasteiger partial charge in [-0.25, -0.2) is 0 Å². The average molecular weight is 359 g/mol. The maximum atomic E-state index is 12.5. The Hall–Kier alpha value is -3.49. The van der Waals surface area contributed by atoms with E-state index in [2.05, 4.69) is 5.32 Å². The van der Waals surface area contributed by atoms with Crippen molar-refractivity contribution in [2.45, 2.75) is 20.8 Å². The number of hydrogen-bond donors (Lipinski definition) is 1. The van der Waals surface area contributed by atoms with Gasteiger partial charge in [0, 0.05) is 17.7 Å². The predicted octanol–water partition coefficient (Wildman–Crippen LogP) is 3.77. The lowest BCUT2D eigenvalue weighted by molar-refractivity contribution is -0.385. The highest BCUT2D eigenvalue weighted by Crippen LogP contribution is 2.32. The summed E-state index contributed by atoms with van der Waals surface area (Å²) in [6.07, 6.45) is 0. The van der Waals surface area contributed by atoms with Gasteiger partial charge in [-0.3, -0.25) is 25.0 Å². The van der Waals surface area contributed by atoms with E-state index in [0.29, 0.717) is 5.56 Å². The Labute approximate surface area is 148 Å². The van der Waals surface area contributed by atoms with Crippen molar-refractivity contribution in [3.63, 3.8) is 0 Å². The molecule has 9 heteroatoms. The lowest BCUT2D eigenvalue weighted by Gasteiger charge is -2.11. The molecule has 0 aliphatic carbocycles. The highest BCUT2D eigenvalue weighted by Gasteiger charge is 2.22. The molecule has 0 aromatic heterocycles. The molecule has 2 aromatic rings. The van der Waals surface area contributed by atoms with E-state index in [-0.39, 0.29) is 35.0 Å². The normalized spacial score (nSPS) is 10.3. The van der Waals surface area contributed by atoms with Crippen LogP contribution < -0.4 is 10.1 Å². The van der Waals surface area contributed by atoms with Gasteiger partial charge < -0.3 is 10.1 Å². The third-order valence-electron chi connectivity index (χ3n) is 3.87. The third kappa shape index (κ3) is 3.77. The van der Waals surface area contributed by atoms with Crippen LogP contribution in [-0.2, 0) is 0 Å². The minimum Gasteiger partial charge on any atom is -0.487 e. The summed E-state index contributed by atoms with van der Waals surface area (Å²) in [6, 6.07) is 6.67. The molecule has 26 heavy (non-hydrogen) atoms. The fourth-order valence-corrected chi connectivity index (χ4v) is 2.38. The van der Waals surface area contributed by atoms with Crippen molar-refractivity contribution in [1.29, 1.82) is 0 Å². The van der Waals surface area contributed by atoms with Crippen LogP contribution in [0.15, 0.2) is 30.3 Å². The zero-order valence-electron chi connectivity index (χ0n) is 14.4. The Balaban J connectivity index is 2.43. The van der Waals surface area contributed by atoms with E-state index in [1.165, 1.54) is 18.2 Å². The summed E-state index contributed by atoms with van der Waals surface area (Å²) in [5.74, 6) is -0.639. The SMILES string of the molecule is CCOc1ccc(C(=O)Nc2c([N+](=O)[O-])ccc(C)c2C)cc1[N+](=O)[O-]. The van der Waals surface area contributed by atoms with Crippen molar-refractivity contribution in [3.8, 4) is 5.75 Å². The fraction of sp³-hybridized carbons (Fsp3) is 0.235. The van der Waals surface area contributed by atoms with Crippen molar-refractivity contribution in [2.24, 2.45) is 0 Å². The summed E-state index contributed by atoms with van der Waals surface area (Å²) >= 11 is 0. The molecule has 0 bridgehead atoms. The van der Waals surface area contributed by atoms with Crippen LogP contribution in [0.2, 0.25) is 0 Å². The first-order chi connectivity index (χ1) is 12.3. The van der Waals surface area contributed by atoms with Gasteiger partial charge in [-0.15, -0.1) is 0 Å². The Morgan fingerprint density at radius 2 is 1.73 bits per heavy atom. The summed E-state index contributed by atoms with van der Waals surface area (Å²) in [5, 5.41) is 24.9. The molecule has 136 valence electrons. The zero-order valence-corrected chi connectivity index (χ0v) is 14.4. The van der Waals surface area contributed by atoms with E-state index in [1.807, 2.05) is 0 Å². The highest BCUT2D eigenvalue weighted by atomic mass is 16.6. The number of nitrogens with zero attached hydrogens (tertiary/aromatic N) is 2. The Morgan fingerprint density at radius 3 is 2.31 bits per heavy atom. The molecule has 0 saturated heterocycles. The van der Waals surface area contributed by atoms with E-state index >= 15 is 0 Å². The van der Waals surface area contributed by atoms with Crippen LogP contribution >= 0.6 is 0 Å². The summed E-state index contributed by atoms with van der Waals surface area (Å²) < 4.78 is 5.17.